The second-order valence-electron chi connectivity index (χ2n) is 7.47. The van der Waals surface area contributed by atoms with E-state index < -0.39 is 5.72 Å². The minimum absolute atomic E-state index is 0. The summed E-state index contributed by atoms with van der Waals surface area (Å²) in [6.45, 7) is 3.67. The SMILES string of the molecule is Br.CC[N+]12CCC(n3c(=O)[nH]c4ccccc43)CC1(c1ccc(O)c(O)c1)O2. The van der Waals surface area contributed by atoms with E-state index >= 15 is 0 Å². The lowest BCUT2D eigenvalue weighted by molar-refractivity contribution is -0.934. The van der Waals surface area contributed by atoms with Crippen molar-refractivity contribution in [2.24, 2.45) is 0 Å². The quantitative estimate of drug-likeness (QED) is 0.325. The Labute approximate surface area is 172 Å². The highest BCUT2D eigenvalue weighted by molar-refractivity contribution is 8.93. The Kier molecular flexibility index (Phi) is 4.33. The molecular weight excluding hydrogens is 426 g/mol. The predicted molar refractivity (Wildman–Crippen MR) is 109 cm³/mol. The fraction of sp³-hybridized carbons (Fsp3) is 0.350. The van der Waals surface area contributed by atoms with Gasteiger partial charge in [0, 0.05) is 6.42 Å². The molecule has 5 rings (SSSR count). The highest BCUT2D eigenvalue weighted by atomic mass is 79.9. The molecule has 0 spiro atoms. The Morgan fingerprint density at radius 1 is 1.25 bits per heavy atom. The summed E-state index contributed by atoms with van der Waals surface area (Å²) < 4.78 is 2.33. The molecule has 7 nitrogen and oxygen atoms in total. The first-order chi connectivity index (χ1) is 13.0. The average Bonchev–Trinajstić information content (AvgIpc) is 3.24. The van der Waals surface area contributed by atoms with Crippen molar-refractivity contribution in [1.29, 1.82) is 0 Å². The number of benzene rings is 2. The summed E-state index contributed by atoms with van der Waals surface area (Å²) >= 11 is 0. The van der Waals surface area contributed by atoms with Gasteiger partial charge in [0.2, 0.25) is 0 Å². The zero-order chi connectivity index (χ0) is 18.8. The standard InChI is InChI=1S/C20H21N3O4.BrH/c1-2-23-10-9-14(22-16-6-4-3-5-15(16)21-19(22)26)12-20(23,27-23)13-7-8-17(24)18(25)11-13;/h3-8,11,14H,2,9-10,12H2,1H3,(H2-,21,24,25,26);1H/p+1. The molecule has 0 amide bonds. The fourth-order valence-corrected chi connectivity index (χ4v) is 4.79. The number of aromatic amines is 1. The third-order valence-electron chi connectivity index (χ3n) is 6.21. The van der Waals surface area contributed by atoms with Gasteiger partial charge in [0.15, 0.2) is 11.5 Å². The third kappa shape index (κ3) is 2.45. The smallest absolute Gasteiger partial charge is 0.326 e. The van der Waals surface area contributed by atoms with Crippen molar-refractivity contribution in [2.45, 2.75) is 31.5 Å². The van der Waals surface area contributed by atoms with Gasteiger partial charge in [-0.15, -0.1) is 26.5 Å². The number of hydrogen-bond acceptors (Lipinski definition) is 4. The molecule has 1 aromatic heterocycles. The number of para-hydroxylation sites is 2. The normalized spacial score (nSPS) is 28.5. The van der Waals surface area contributed by atoms with Gasteiger partial charge in [0.1, 0.15) is 13.1 Å². The van der Waals surface area contributed by atoms with Gasteiger partial charge >= 0.3 is 11.4 Å². The van der Waals surface area contributed by atoms with Crippen molar-refractivity contribution in [3.8, 4) is 11.5 Å². The van der Waals surface area contributed by atoms with Crippen LogP contribution in [-0.4, -0.2) is 37.5 Å². The molecular formula is C20H23BrN3O4+. The highest BCUT2D eigenvalue weighted by Crippen LogP contribution is 2.61. The zero-order valence-electron chi connectivity index (χ0n) is 15.5. The summed E-state index contributed by atoms with van der Waals surface area (Å²) in [5.74, 6) is -0.302. The molecule has 2 aliphatic rings. The van der Waals surface area contributed by atoms with Crippen LogP contribution in [0, 0.1) is 0 Å². The minimum Gasteiger partial charge on any atom is -0.504 e. The molecule has 28 heavy (non-hydrogen) atoms. The maximum Gasteiger partial charge on any atom is 0.326 e. The van der Waals surface area contributed by atoms with Crippen LogP contribution in [0.2, 0.25) is 0 Å². The highest BCUT2D eigenvalue weighted by Gasteiger charge is 2.76. The topological polar surface area (TPSA) is 90.8 Å². The fourth-order valence-electron chi connectivity index (χ4n) is 4.79. The van der Waals surface area contributed by atoms with Gasteiger partial charge in [-0.3, -0.25) is 4.57 Å². The molecule has 0 radical (unpaired) electrons. The number of phenols is 2. The number of rotatable bonds is 3. The number of aromatic hydroxyl groups is 2. The van der Waals surface area contributed by atoms with E-state index in [1.807, 2.05) is 28.8 Å². The number of fused-ring (bicyclic) bond motifs is 2. The van der Waals surface area contributed by atoms with Crippen LogP contribution in [0.25, 0.3) is 11.0 Å². The number of halogens is 1. The first kappa shape index (κ1) is 19.0. The summed E-state index contributed by atoms with van der Waals surface area (Å²) in [6.07, 6.45) is 1.47. The van der Waals surface area contributed by atoms with Crippen LogP contribution in [0.3, 0.4) is 0 Å². The molecule has 2 saturated heterocycles. The number of H-pyrrole nitrogens is 1. The summed E-state index contributed by atoms with van der Waals surface area (Å²) in [5, 5.41) is 19.7. The molecule has 3 heterocycles. The Bertz CT molecular complexity index is 1110. The van der Waals surface area contributed by atoms with E-state index in [-0.39, 0.29) is 40.2 Å². The lowest BCUT2D eigenvalue weighted by Crippen LogP contribution is -2.43. The Morgan fingerprint density at radius 2 is 2.04 bits per heavy atom. The van der Waals surface area contributed by atoms with Crippen LogP contribution in [-0.2, 0) is 10.6 Å². The first-order valence-electron chi connectivity index (χ1n) is 9.29. The largest absolute Gasteiger partial charge is 0.504 e. The third-order valence-corrected chi connectivity index (χ3v) is 6.21. The number of nitrogens with one attached hydrogen (secondary N) is 1. The van der Waals surface area contributed by atoms with Crippen LogP contribution in [0.5, 0.6) is 11.5 Å². The second-order valence-corrected chi connectivity index (χ2v) is 7.47. The van der Waals surface area contributed by atoms with Crippen LogP contribution in [0.4, 0.5) is 0 Å². The Hall–Kier alpha value is -2.29. The Balaban J connectivity index is 0.00000192. The predicted octanol–water partition coefficient (Wildman–Crippen LogP) is 3.29. The molecule has 8 heteroatoms. The molecule has 3 atom stereocenters. The summed E-state index contributed by atoms with van der Waals surface area (Å²) in [5.41, 5.74) is 1.85. The number of piperidine rings is 1. The number of imidazole rings is 1. The average molecular weight is 449 g/mol. The minimum atomic E-state index is -0.597. The van der Waals surface area contributed by atoms with Gasteiger partial charge in [-0.05, 0) is 37.3 Å². The lowest BCUT2D eigenvalue weighted by atomic mass is 9.90. The van der Waals surface area contributed by atoms with E-state index in [1.54, 1.807) is 12.1 Å². The first-order valence-corrected chi connectivity index (χ1v) is 9.29. The number of aromatic nitrogens is 2. The van der Waals surface area contributed by atoms with Crippen molar-refractivity contribution < 1.29 is 19.7 Å². The second kappa shape index (κ2) is 6.37. The van der Waals surface area contributed by atoms with Gasteiger partial charge < -0.3 is 15.2 Å². The van der Waals surface area contributed by atoms with Crippen LogP contribution >= 0.6 is 17.0 Å². The summed E-state index contributed by atoms with van der Waals surface area (Å²) in [4.78, 5) is 21.9. The van der Waals surface area contributed by atoms with E-state index in [4.69, 9.17) is 4.84 Å². The molecule has 2 fully saturated rings. The van der Waals surface area contributed by atoms with Crippen molar-refractivity contribution in [3.63, 3.8) is 0 Å². The number of hydrogen-bond donors (Lipinski definition) is 3. The van der Waals surface area contributed by atoms with Crippen molar-refractivity contribution in [1.82, 2.24) is 9.55 Å². The van der Waals surface area contributed by atoms with E-state index in [0.717, 1.165) is 36.1 Å². The molecule has 148 valence electrons. The van der Waals surface area contributed by atoms with Crippen molar-refractivity contribution >= 4 is 28.0 Å². The Morgan fingerprint density at radius 3 is 2.79 bits per heavy atom. The number of nitrogens with zero attached hydrogens (tertiary/aromatic N) is 2. The lowest BCUT2D eigenvalue weighted by Gasteiger charge is -2.29. The van der Waals surface area contributed by atoms with Crippen molar-refractivity contribution in [2.75, 3.05) is 13.1 Å². The van der Waals surface area contributed by atoms with E-state index in [1.165, 1.54) is 6.07 Å². The van der Waals surface area contributed by atoms with Gasteiger partial charge in [0.25, 0.3) is 0 Å². The van der Waals surface area contributed by atoms with Gasteiger partial charge in [-0.1, -0.05) is 12.1 Å². The zero-order valence-corrected chi connectivity index (χ0v) is 17.2. The number of phenolic OH excluding ortho intramolecular Hbond substituents is 2. The molecule has 3 N–H and O–H groups in total. The molecule has 2 aliphatic heterocycles. The van der Waals surface area contributed by atoms with Crippen LogP contribution in [0.15, 0.2) is 47.3 Å². The number of quaternary nitrogens is 1. The van der Waals surface area contributed by atoms with Gasteiger partial charge in [-0.25, -0.2) is 4.79 Å². The molecule has 2 aromatic carbocycles. The van der Waals surface area contributed by atoms with Crippen LogP contribution in [0.1, 0.15) is 31.4 Å². The maximum atomic E-state index is 12.6. The molecule has 0 saturated carbocycles. The number of hydroxylamine groups is 3. The monoisotopic (exact) mass is 448 g/mol. The van der Waals surface area contributed by atoms with E-state index in [9.17, 15) is 15.0 Å². The maximum absolute atomic E-state index is 12.6. The van der Waals surface area contributed by atoms with Crippen LogP contribution < -0.4 is 5.69 Å². The molecule has 3 aromatic rings. The summed E-state index contributed by atoms with van der Waals surface area (Å²) in [6, 6.07) is 12.6. The van der Waals surface area contributed by atoms with E-state index in [0.29, 0.717) is 11.1 Å². The van der Waals surface area contributed by atoms with Gasteiger partial charge in [-0.2, -0.15) is 0 Å². The van der Waals surface area contributed by atoms with Gasteiger partial charge in [0.05, 0.1) is 29.1 Å². The molecule has 0 aliphatic carbocycles. The molecule has 0 bridgehead atoms. The summed E-state index contributed by atoms with van der Waals surface area (Å²) in [7, 11) is 0. The van der Waals surface area contributed by atoms with Crippen molar-refractivity contribution in [3.05, 3.63) is 58.5 Å². The van der Waals surface area contributed by atoms with E-state index in [2.05, 4.69) is 11.9 Å². The molecule has 3 unspecified atom stereocenters.